The molecule has 9 heteroatoms. The molecule has 0 saturated heterocycles. The number of anilines is 1. The standard InChI is InChI=1S/C18H18N4O4S/c1-2-15-14(18(24)22(20-15)13-6-4-3-5-7-13)11-19-16-10-12(21-27(25)26)8-9-17(16)23/h3-11,20-21,23H,2H2,1H3,(H,25,26). The highest BCUT2D eigenvalue weighted by atomic mass is 32.2. The summed E-state index contributed by atoms with van der Waals surface area (Å²) in [5.74, 6) is -0.113. The Labute approximate surface area is 157 Å². The molecule has 140 valence electrons. The Balaban J connectivity index is 2.00. The number of nitrogens with one attached hydrogen (secondary N) is 2. The van der Waals surface area contributed by atoms with Crippen molar-refractivity contribution in [1.82, 2.24) is 9.78 Å². The smallest absolute Gasteiger partial charge is 0.280 e. The third-order valence-corrected chi connectivity index (χ3v) is 4.30. The van der Waals surface area contributed by atoms with Crippen molar-refractivity contribution < 1.29 is 13.9 Å². The molecule has 0 bridgehead atoms. The molecule has 1 atom stereocenters. The molecule has 1 unspecified atom stereocenters. The summed E-state index contributed by atoms with van der Waals surface area (Å²) in [6.07, 6.45) is 1.97. The molecule has 0 aliphatic carbocycles. The number of rotatable bonds is 6. The molecule has 0 amide bonds. The summed E-state index contributed by atoms with van der Waals surface area (Å²) < 4.78 is 23.5. The second-order valence-corrected chi connectivity index (χ2v) is 6.35. The number of aryl methyl sites for hydroxylation is 1. The number of H-pyrrole nitrogens is 1. The van der Waals surface area contributed by atoms with E-state index in [2.05, 4.69) is 14.8 Å². The first-order chi connectivity index (χ1) is 13.0. The van der Waals surface area contributed by atoms with Gasteiger partial charge in [-0.1, -0.05) is 25.1 Å². The average Bonchev–Trinajstić information content (AvgIpc) is 2.98. The minimum Gasteiger partial charge on any atom is -0.506 e. The average molecular weight is 386 g/mol. The summed E-state index contributed by atoms with van der Waals surface area (Å²) in [4.78, 5) is 17.0. The number of para-hydroxylation sites is 1. The van der Waals surface area contributed by atoms with Crippen molar-refractivity contribution in [3.8, 4) is 11.4 Å². The van der Waals surface area contributed by atoms with Gasteiger partial charge >= 0.3 is 0 Å². The molecule has 0 fully saturated rings. The molecule has 0 aliphatic rings. The molecule has 4 N–H and O–H groups in total. The maximum atomic E-state index is 12.8. The van der Waals surface area contributed by atoms with Gasteiger partial charge in [0.1, 0.15) is 11.4 Å². The fourth-order valence-corrected chi connectivity index (χ4v) is 2.91. The molecular weight excluding hydrogens is 368 g/mol. The maximum Gasteiger partial charge on any atom is 0.280 e. The minimum atomic E-state index is -2.24. The van der Waals surface area contributed by atoms with Crippen LogP contribution in [-0.2, 0) is 17.7 Å². The van der Waals surface area contributed by atoms with Crippen LogP contribution in [0, 0.1) is 0 Å². The summed E-state index contributed by atoms with van der Waals surface area (Å²) in [7, 11) is 0. The Kier molecular flexibility index (Phi) is 5.53. The highest BCUT2D eigenvalue weighted by Gasteiger charge is 2.12. The lowest BCUT2D eigenvalue weighted by atomic mass is 10.2. The van der Waals surface area contributed by atoms with Gasteiger partial charge in [0.05, 0.1) is 16.9 Å². The normalized spacial score (nSPS) is 12.4. The van der Waals surface area contributed by atoms with Gasteiger partial charge in [0.2, 0.25) is 0 Å². The van der Waals surface area contributed by atoms with Crippen molar-refractivity contribution in [3.63, 3.8) is 0 Å². The van der Waals surface area contributed by atoms with E-state index < -0.39 is 11.3 Å². The molecule has 1 aromatic heterocycles. The van der Waals surface area contributed by atoms with E-state index in [0.29, 0.717) is 29.1 Å². The Morgan fingerprint density at radius 3 is 2.67 bits per heavy atom. The van der Waals surface area contributed by atoms with E-state index in [1.807, 2.05) is 37.3 Å². The fraction of sp³-hybridized carbons (Fsp3) is 0.111. The molecule has 27 heavy (non-hydrogen) atoms. The third kappa shape index (κ3) is 4.15. The Morgan fingerprint density at radius 2 is 2.00 bits per heavy atom. The number of hydrogen-bond acceptors (Lipinski definition) is 4. The van der Waals surface area contributed by atoms with Gasteiger partial charge in [0.15, 0.2) is 0 Å². The first-order valence-electron chi connectivity index (χ1n) is 8.13. The van der Waals surface area contributed by atoms with E-state index >= 15 is 0 Å². The number of hydrogen-bond donors (Lipinski definition) is 4. The second-order valence-electron chi connectivity index (χ2n) is 5.65. The first kappa shape index (κ1) is 18.6. The Morgan fingerprint density at radius 1 is 1.26 bits per heavy atom. The largest absolute Gasteiger partial charge is 0.506 e. The number of nitrogens with zero attached hydrogens (tertiary/aromatic N) is 2. The van der Waals surface area contributed by atoms with E-state index in [0.717, 1.165) is 0 Å². The van der Waals surface area contributed by atoms with E-state index in [1.54, 1.807) is 0 Å². The molecule has 3 rings (SSSR count). The monoisotopic (exact) mass is 386 g/mol. The lowest BCUT2D eigenvalue weighted by Crippen LogP contribution is -2.17. The van der Waals surface area contributed by atoms with Crippen LogP contribution < -0.4 is 10.3 Å². The number of benzene rings is 2. The van der Waals surface area contributed by atoms with Crippen molar-refractivity contribution in [3.05, 3.63) is 70.1 Å². The van der Waals surface area contributed by atoms with Crippen molar-refractivity contribution >= 4 is 28.9 Å². The van der Waals surface area contributed by atoms with E-state index in [-0.39, 0.29) is 17.0 Å². The SMILES string of the molecule is CCc1[nH]n(-c2ccccc2)c(=O)c1C=Nc1cc(NS(=O)O)ccc1O. The van der Waals surface area contributed by atoms with E-state index in [9.17, 15) is 14.1 Å². The molecule has 0 spiro atoms. The van der Waals surface area contributed by atoms with Crippen LogP contribution in [0.1, 0.15) is 18.2 Å². The molecule has 0 saturated carbocycles. The van der Waals surface area contributed by atoms with Crippen LogP contribution in [0.15, 0.2) is 58.3 Å². The molecule has 2 aromatic carbocycles. The predicted octanol–water partition coefficient (Wildman–Crippen LogP) is 2.73. The van der Waals surface area contributed by atoms with Crippen LogP contribution >= 0.6 is 0 Å². The van der Waals surface area contributed by atoms with Crippen molar-refractivity contribution in [2.45, 2.75) is 13.3 Å². The molecule has 8 nitrogen and oxygen atoms in total. The fourth-order valence-electron chi connectivity index (χ4n) is 2.58. The zero-order valence-electron chi connectivity index (χ0n) is 14.4. The number of aromatic hydroxyl groups is 1. The number of aromatic nitrogens is 2. The highest BCUT2D eigenvalue weighted by molar-refractivity contribution is 7.80. The lowest BCUT2D eigenvalue weighted by Gasteiger charge is -2.04. The van der Waals surface area contributed by atoms with E-state index in [4.69, 9.17) is 4.55 Å². The summed E-state index contributed by atoms with van der Waals surface area (Å²) >= 11 is -2.24. The van der Waals surface area contributed by atoms with Gasteiger partial charge in [0.25, 0.3) is 16.8 Å². The number of aliphatic imine (C=N–C) groups is 1. The van der Waals surface area contributed by atoms with Crippen LogP contribution in [0.2, 0.25) is 0 Å². The summed E-state index contributed by atoms with van der Waals surface area (Å²) in [6.45, 7) is 1.91. The summed E-state index contributed by atoms with van der Waals surface area (Å²) in [5, 5.41) is 13.0. The lowest BCUT2D eigenvalue weighted by molar-refractivity contribution is 0.477. The number of phenols is 1. The minimum absolute atomic E-state index is 0.113. The number of aromatic amines is 1. The van der Waals surface area contributed by atoms with Gasteiger partial charge < -0.3 is 5.11 Å². The first-order valence-corrected chi connectivity index (χ1v) is 9.24. The zero-order chi connectivity index (χ0) is 19.4. The highest BCUT2D eigenvalue weighted by Crippen LogP contribution is 2.29. The van der Waals surface area contributed by atoms with Crippen LogP contribution in [-0.4, -0.2) is 29.9 Å². The van der Waals surface area contributed by atoms with Gasteiger partial charge in [-0.3, -0.25) is 24.2 Å². The topological polar surface area (TPSA) is 120 Å². The molecule has 0 radical (unpaired) electrons. The van der Waals surface area contributed by atoms with E-state index in [1.165, 1.54) is 29.1 Å². The quantitative estimate of drug-likeness (QED) is 0.296. The van der Waals surface area contributed by atoms with Crippen LogP contribution in [0.3, 0.4) is 0 Å². The maximum absolute atomic E-state index is 12.8. The van der Waals surface area contributed by atoms with Gasteiger partial charge in [-0.25, -0.2) is 8.89 Å². The Hall–Kier alpha value is -3.17. The zero-order valence-corrected chi connectivity index (χ0v) is 15.2. The van der Waals surface area contributed by atoms with Crippen molar-refractivity contribution in [2.75, 3.05) is 4.72 Å². The summed E-state index contributed by atoms with van der Waals surface area (Å²) in [6, 6.07) is 13.4. The van der Waals surface area contributed by atoms with Crippen molar-refractivity contribution in [1.29, 1.82) is 0 Å². The molecule has 1 heterocycles. The van der Waals surface area contributed by atoms with Gasteiger partial charge in [-0.05, 0) is 36.8 Å². The third-order valence-electron chi connectivity index (χ3n) is 3.89. The second kappa shape index (κ2) is 8.02. The van der Waals surface area contributed by atoms with Crippen molar-refractivity contribution in [2.24, 2.45) is 4.99 Å². The molecule has 0 aliphatic heterocycles. The van der Waals surface area contributed by atoms with Crippen LogP contribution in [0.25, 0.3) is 5.69 Å². The predicted molar refractivity (Wildman–Crippen MR) is 106 cm³/mol. The van der Waals surface area contributed by atoms with Gasteiger partial charge in [-0.2, -0.15) is 0 Å². The van der Waals surface area contributed by atoms with Gasteiger partial charge in [-0.15, -0.1) is 0 Å². The van der Waals surface area contributed by atoms with Crippen LogP contribution in [0.5, 0.6) is 5.75 Å². The molecule has 3 aromatic rings. The van der Waals surface area contributed by atoms with Crippen LogP contribution in [0.4, 0.5) is 11.4 Å². The Bertz CT molecular complexity index is 1060. The van der Waals surface area contributed by atoms with Gasteiger partial charge in [0, 0.05) is 11.9 Å². The summed E-state index contributed by atoms with van der Waals surface area (Å²) in [5.41, 5.74) is 2.01. The molecular formula is C18H18N4O4S. The number of phenolic OH excluding ortho intramolecular Hbond substituents is 1.